The molecule has 2 aromatic rings. The van der Waals surface area contributed by atoms with Gasteiger partial charge in [-0.15, -0.1) is 0 Å². The Labute approximate surface area is 152 Å². The van der Waals surface area contributed by atoms with Gasteiger partial charge in [0.05, 0.1) is 18.1 Å². The fourth-order valence-corrected chi connectivity index (χ4v) is 3.78. The van der Waals surface area contributed by atoms with Crippen LogP contribution in [0.2, 0.25) is 0 Å². The van der Waals surface area contributed by atoms with Crippen molar-refractivity contribution in [3.8, 4) is 11.5 Å². The highest BCUT2D eigenvalue weighted by Crippen LogP contribution is 2.32. The molecule has 2 N–H and O–H groups in total. The van der Waals surface area contributed by atoms with E-state index in [-0.39, 0.29) is 11.4 Å². The number of amides is 1. The van der Waals surface area contributed by atoms with Crippen LogP contribution in [0.1, 0.15) is 22.3 Å². The zero-order valence-electron chi connectivity index (χ0n) is 14.3. The van der Waals surface area contributed by atoms with Crippen LogP contribution >= 0.6 is 0 Å². The van der Waals surface area contributed by atoms with Crippen LogP contribution in [0.25, 0.3) is 0 Å². The van der Waals surface area contributed by atoms with Crippen molar-refractivity contribution in [3.63, 3.8) is 0 Å². The number of nitrogens with two attached hydrogens (primary N) is 1. The van der Waals surface area contributed by atoms with E-state index in [1.165, 1.54) is 23.5 Å². The van der Waals surface area contributed by atoms with Crippen LogP contribution in [0.5, 0.6) is 11.5 Å². The average molecular weight is 376 g/mol. The zero-order chi connectivity index (χ0) is 18.7. The van der Waals surface area contributed by atoms with Gasteiger partial charge in [0.1, 0.15) is 0 Å². The maximum atomic E-state index is 12.8. The van der Waals surface area contributed by atoms with E-state index in [1.807, 2.05) is 0 Å². The lowest BCUT2D eigenvalue weighted by atomic mass is 10.1. The number of ether oxygens (including phenoxy) is 2. The van der Waals surface area contributed by atoms with Crippen LogP contribution in [0, 0.1) is 0 Å². The summed E-state index contributed by atoms with van der Waals surface area (Å²) < 4.78 is 38.0. The first-order valence-corrected chi connectivity index (χ1v) is 9.56. The Bertz CT molecular complexity index is 910. The molecule has 0 unspecified atom stereocenters. The molecule has 8 heteroatoms. The normalized spacial score (nSPS) is 14.1. The van der Waals surface area contributed by atoms with E-state index in [0.29, 0.717) is 30.3 Å². The van der Waals surface area contributed by atoms with Crippen LogP contribution in [0.15, 0.2) is 47.4 Å². The summed E-state index contributed by atoms with van der Waals surface area (Å²) in [6.07, 6.45) is 0.748. The van der Waals surface area contributed by atoms with E-state index in [0.717, 1.165) is 12.0 Å². The second-order valence-electron chi connectivity index (χ2n) is 5.98. The Morgan fingerprint density at radius 2 is 1.73 bits per heavy atom. The molecule has 0 aliphatic carbocycles. The van der Waals surface area contributed by atoms with E-state index in [4.69, 9.17) is 15.2 Å². The number of hydrogen-bond donors (Lipinski definition) is 1. The molecule has 0 fully saturated rings. The van der Waals surface area contributed by atoms with Crippen molar-refractivity contribution in [3.05, 3.63) is 53.6 Å². The lowest BCUT2D eigenvalue weighted by Gasteiger charge is -2.18. The lowest BCUT2D eigenvalue weighted by Crippen LogP contribution is -2.26. The molecule has 0 atom stereocenters. The largest absolute Gasteiger partial charge is 0.490 e. The maximum absolute atomic E-state index is 12.8. The maximum Gasteiger partial charge on any atom is 0.248 e. The summed E-state index contributed by atoms with van der Waals surface area (Å²) in [4.78, 5) is 11.3. The average Bonchev–Trinajstić information content (AvgIpc) is 2.86. The highest BCUT2D eigenvalue weighted by molar-refractivity contribution is 7.89. The minimum Gasteiger partial charge on any atom is -0.490 e. The molecule has 0 saturated carbocycles. The van der Waals surface area contributed by atoms with Crippen LogP contribution < -0.4 is 15.2 Å². The van der Waals surface area contributed by atoms with Crippen molar-refractivity contribution in [2.75, 3.05) is 20.3 Å². The Hall–Kier alpha value is -2.58. The molecule has 0 saturated heterocycles. The monoisotopic (exact) mass is 376 g/mol. The van der Waals surface area contributed by atoms with Gasteiger partial charge in [0.25, 0.3) is 0 Å². The molecule has 1 aliphatic heterocycles. The third-order valence-corrected chi connectivity index (χ3v) is 5.87. The highest BCUT2D eigenvalue weighted by atomic mass is 32.2. The highest BCUT2D eigenvalue weighted by Gasteiger charge is 2.23. The second kappa shape index (κ2) is 7.35. The van der Waals surface area contributed by atoms with Crippen molar-refractivity contribution >= 4 is 15.9 Å². The zero-order valence-corrected chi connectivity index (χ0v) is 15.2. The summed E-state index contributed by atoms with van der Waals surface area (Å²) in [6, 6.07) is 11.1. The minimum absolute atomic E-state index is 0.137. The number of carbonyl (C=O) groups is 1. The van der Waals surface area contributed by atoms with Gasteiger partial charge >= 0.3 is 0 Å². The van der Waals surface area contributed by atoms with Gasteiger partial charge in [0.15, 0.2) is 11.5 Å². The van der Waals surface area contributed by atoms with Crippen molar-refractivity contribution < 1.29 is 22.7 Å². The molecule has 138 valence electrons. The first-order valence-electron chi connectivity index (χ1n) is 8.12. The summed E-state index contributed by atoms with van der Waals surface area (Å²) >= 11 is 0. The molecule has 1 aliphatic rings. The summed E-state index contributed by atoms with van der Waals surface area (Å²) in [6.45, 7) is 1.19. The van der Waals surface area contributed by atoms with Crippen LogP contribution in [0.4, 0.5) is 0 Å². The van der Waals surface area contributed by atoms with Crippen molar-refractivity contribution in [1.82, 2.24) is 4.31 Å². The molecular formula is C18H20N2O5S. The Morgan fingerprint density at radius 1 is 1.08 bits per heavy atom. The summed E-state index contributed by atoms with van der Waals surface area (Å²) in [5, 5.41) is 0. The van der Waals surface area contributed by atoms with Crippen LogP contribution in [0.3, 0.4) is 0 Å². The quantitative estimate of drug-likeness (QED) is 0.857. The minimum atomic E-state index is -3.70. The van der Waals surface area contributed by atoms with Crippen LogP contribution in [-0.2, 0) is 16.6 Å². The lowest BCUT2D eigenvalue weighted by molar-refractivity contribution is 0.1000. The number of carbonyl (C=O) groups excluding carboxylic acids is 1. The van der Waals surface area contributed by atoms with Gasteiger partial charge in [-0.25, -0.2) is 8.42 Å². The van der Waals surface area contributed by atoms with E-state index in [9.17, 15) is 13.2 Å². The molecule has 0 bridgehead atoms. The number of hydrogen-bond acceptors (Lipinski definition) is 5. The number of rotatable bonds is 5. The second-order valence-corrected chi connectivity index (χ2v) is 8.03. The number of nitrogens with zero attached hydrogens (tertiary/aromatic N) is 1. The molecule has 0 aromatic heterocycles. The Morgan fingerprint density at radius 3 is 2.38 bits per heavy atom. The number of benzene rings is 2. The molecular weight excluding hydrogens is 356 g/mol. The van der Waals surface area contributed by atoms with E-state index >= 15 is 0 Å². The fraction of sp³-hybridized carbons (Fsp3) is 0.278. The first-order chi connectivity index (χ1) is 12.4. The van der Waals surface area contributed by atoms with Crippen molar-refractivity contribution in [2.24, 2.45) is 5.73 Å². The van der Waals surface area contributed by atoms with Gasteiger partial charge < -0.3 is 15.2 Å². The molecule has 1 heterocycles. The van der Waals surface area contributed by atoms with Gasteiger partial charge in [-0.05, 0) is 29.8 Å². The standard InChI is InChI=1S/C18H20N2O5S/c1-20(12-13-3-5-14(6-4-13)18(19)21)26(22,23)15-7-8-16-17(11-15)25-10-2-9-24-16/h3-8,11H,2,9-10,12H2,1H3,(H2,19,21). The van der Waals surface area contributed by atoms with E-state index < -0.39 is 15.9 Å². The molecule has 2 aromatic carbocycles. The molecule has 7 nitrogen and oxygen atoms in total. The third kappa shape index (κ3) is 3.81. The smallest absolute Gasteiger partial charge is 0.248 e. The van der Waals surface area contributed by atoms with Crippen LogP contribution in [-0.4, -0.2) is 38.9 Å². The van der Waals surface area contributed by atoms with Gasteiger partial charge in [0.2, 0.25) is 15.9 Å². The molecule has 26 heavy (non-hydrogen) atoms. The van der Waals surface area contributed by atoms with Crippen molar-refractivity contribution in [1.29, 1.82) is 0 Å². The summed E-state index contributed by atoms with van der Waals surface area (Å²) in [7, 11) is -2.20. The van der Waals surface area contributed by atoms with Gasteiger partial charge in [-0.3, -0.25) is 4.79 Å². The number of primary amides is 1. The Kier molecular flexibility index (Phi) is 5.15. The number of sulfonamides is 1. The topological polar surface area (TPSA) is 98.9 Å². The molecule has 3 rings (SSSR count). The molecule has 1 amide bonds. The Balaban J connectivity index is 1.80. The molecule has 0 radical (unpaired) electrons. The van der Waals surface area contributed by atoms with Gasteiger partial charge in [-0.1, -0.05) is 12.1 Å². The first kappa shape index (κ1) is 18.2. The fourth-order valence-electron chi connectivity index (χ4n) is 2.60. The third-order valence-electron chi connectivity index (χ3n) is 4.07. The van der Waals surface area contributed by atoms with E-state index in [2.05, 4.69) is 0 Å². The predicted octanol–water partition coefficient (Wildman–Crippen LogP) is 1.77. The molecule has 0 spiro atoms. The summed E-state index contributed by atoms with van der Waals surface area (Å²) in [5.41, 5.74) is 6.33. The van der Waals surface area contributed by atoms with Gasteiger partial charge in [0, 0.05) is 31.6 Å². The summed E-state index contributed by atoms with van der Waals surface area (Å²) in [5.74, 6) is 0.457. The number of fused-ring (bicyclic) bond motifs is 1. The van der Waals surface area contributed by atoms with Gasteiger partial charge in [-0.2, -0.15) is 4.31 Å². The van der Waals surface area contributed by atoms with Crippen molar-refractivity contribution in [2.45, 2.75) is 17.9 Å². The SMILES string of the molecule is CN(Cc1ccc(C(N)=O)cc1)S(=O)(=O)c1ccc2c(c1)OCCCO2. The predicted molar refractivity (Wildman–Crippen MR) is 95.7 cm³/mol. The van der Waals surface area contributed by atoms with E-state index in [1.54, 1.807) is 30.3 Å².